The summed E-state index contributed by atoms with van der Waals surface area (Å²) in [6.07, 6.45) is 19.5. The van der Waals surface area contributed by atoms with Gasteiger partial charge in [-0.1, -0.05) is 137 Å². The number of benzene rings is 2. The maximum Gasteiger partial charge on any atom is 0.242 e. The SMILES string of the molecule is CCCCCCNC(=O)[C@H](CC1(C(=O)C2(C(=O)N[C@H]3C[C@@H]3c3ccccc3)CNCC2C(=O)N[C@H]2C[C@@H]2c2ccccc2)C=CC=CC1c1cnc[nH]1)NC(=O)CCCCCC. The lowest BCUT2D eigenvalue weighted by atomic mass is 9.56. The molecule has 0 radical (unpaired) electrons. The predicted molar refractivity (Wildman–Crippen MR) is 240 cm³/mol. The molecule has 12 heteroatoms. The Labute approximate surface area is 366 Å². The molecule has 2 saturated carbocycles. The number of allylic oxidation sites excluding steroid dienone is 4. The van der Waals surface area contributed by atoms with Crippen LogP contribution in [0.1, 0.15) is 125 Å². The average Bonchev–Trinajstić information content (AvgIpc) is 4.10. The summed E-state index contributed by atoms with van der Waals surface area (Å²) in [6.45, 7) is 4.71. The number of amides is 4. The molecular weight excluding hydrogens is 779 g/mol. The molecule has 3 aromatic rings. The fourth-order valence-corrected chi connectivity index (χ4v) is 9.86. The Hall–Kier alpha value is -5.36. The lowest BCUT2D eigenvalue weighted by Crippen LogP contribution is -2.62. The molecule has 9 atom stereocenters. The largest absolute Gasteiger partial charge is 0.354 e. The van der Waals surface area contributed by atoms with Crippen molar-refractivity contribution in [3.8, 4) is 0 Å². The minimum atomic E-state index is -1.87. The molecule has 6 N–H and O–H groups in total. The second-order valence-electron chi connectivity index (χ2n) is 17.9. The number of rotatable bonds is 23. The van der Waals surface area contributed by atoms with E-state index in [2.05, 4.69) is 62.5 Å². The Morgan fingerprint density at radius 2 is 1.47 bits per heavy atom. The van der Waals surface area contributed by atoms with Crippen molar-refractivity contribution in [1.29, 1.82) is 0 Å². The molecule has 3 fully saturated rings. The number of carbonyl (C=O) groups excluding carboxylic acids is 5. The highest BCUT2D eigenvalue weighted by atomic mass is 16.2. The summed E-state index contributed by atoms with van der Waals surface area (Å²) >= 11 is 0. The summed E-state index contributed by atoms with van der Waals surface area (Å²) in [6, 6.07) is 18.6. The van der Waals surface area contributed by atoms with Crippen molar-refractivity contribution < 1.29 is 24.0 Å². The maximum absolute atomic E-state index is 16.4. The maximum atomic E-state index is 16.4. The van der Waals surface area contributed by atoms with Gasteiger partial charge in [0.2, 0.25) is 23.6 Å². The van der Waals surface area contributed by atoms with E-state index in [4.69, 9.17) is 0 Å². The van der Waals surface area contributed by atoms with Gasteiger partial charge in [-0.2, -0.15) is 0 Å². The molecule has 1 aliphatic heterocycles. The standard InChI is InChI=1S/C50H65N7O5/c1-3-5-7-15-24-44(58)55-42(46(60)53-26-18-8-6-4-2)29-49(25-17-16-23-38(49)43-31-52-33-54-43)47(61)50(48(62)57-41-28-37(41)35-21-13-10-14-22-35)32-51-30-39(50)45(59)56-40-27-36(40)34-19-11-9-12-20-34/h9-14,16-17,19-23,25,31,33,36-42,51H,3-8,15,18,24,26-30,32H2,1-2H3,(H,52,54)(H,53,60)(H,55,58)(H,56,59)(H,57,62)/t36-,37-,38?,39?,40+,41+,42+,49?,50?/m1/s1. The molecule has 3 aliphatic carbocycles. The first kappa shape index (κ1) is 44.7. The van der Waals surface area contributed by atoms with Gasteiger partial charge in [0.05, 0.1) is 17.7 Å². The molecule has 7 rings (SSSR count). The van der Waals surface area contributed by atoms with Crippen LogP contribution in [-0.2, 0) is 24.0 Å². The third-order valence-electron chi connectivity index (χ3n) is 13.6. The van der Waals surface area contributed by atoms with E-state index in [9.17, 15) is 14.4 Å². The van der Waals surface area contributed by atoms with Crippen LogP contribution in [0.2, 0.25) is 0 Å². The van der Waals surface area contributed by atoms with E-state index in [0.717, 1.165) is 62.5 Å². The van der Waals surface area contributed by atoms with Gasteiger partial charge in [-0.15, -0.1) is 0 Å². The average molecular weight is 844 g/mol. The number of aromatic amines is 1. The fourth-order valence-electron chi connectivity index (χ4n) is 9.86. The van der Waals surface area contributed by atoms with Crippen LogP contribution in [0.4, 0.5) is 0 Å². The van der Waals surface area contributed by atoms with Crippen LogP contribution >= 0.6 is 0 Å². The summed E-state index contributed by atoms with van der Waals surface area (Å²) in [4.78, 5) is 82.1. The number of ketones is 1. The zero-order valence-electron chi connectivity index (χ0n) is 36.4. The second kappa shape index (κ2) is 20.7. The van der Waals surface area contributed by atoms with E-state index in [1.54, 1.807) is 24.7 Å². The minimum absolute atomic E-state index is 0.0711. The number of nitrogens with zero attached hydrogens (tertiary/aromatic N) is 1. The van der Waals surface area contributed by atoms with Crippen molar-refractivity contribution in [3.05, 3.63) is 114 Å². The number of nitrogens with one attached hydrogen (secondary N) is 6. The summed E-state index contributed by atoms with van der Waals surface area (Å²) in [5.41, 5.74) is -0.601. The Balaban J connectivity index is 1.25. The zero-order valence-corrected chi connectivity index (χ0v) is 36.4. The lowest BCUT2D eigenvalue weighted by molar-refractivity contribution is -0.154. The lowest BCUT2D eigenvalue weighted by Gasteiger charge is -2.45. The fraction of sp³-hybridized carbons (Fsp3) is 0.520. The third-order valence-corrected chi connectivity index (χ3v) is 13.6. The van der Waals surface area contributed by atoms with Crippen LogP contribution in [0, 0.1) is 16.7 Å². The predicted octanol–water partition coefficient (Wildman–Crippen LogP) is 6.27. The highest BCUT2D eigenvalue weighted by molar-refractivity contribution is 6.14. The minimum Gasteiger partial charge on any atom is -0.354 e. The van der Waals surface area contributed by atoms with Gasteiger partial charge in [0.1, 0.15) is 11.5 Å². The molecule has 2 heterocycles. The normalized spacial score (nSPS) is 27.5. The number of Topliss-reactive ketones (excluding diaryl/α,β-unsaturated/α-hetero) is 1. The van der Waals surface area contributed by atoms with E-state index in [0.29, 0.717) is 25.1 Å². The van der Waals surface area contributed by atoms with Crippen LogP contribution in [0.15, 0.2) is 97.5 Å². The van der Waals surface area contributed by atoms with Gasteiger partial charge in [-0.05, 0) is 43.2 Å². The summed E-state index contributed by atoms with van der Waals surface area (Å²) in [5, 5.41) is 15.9. The first-order valence-electron chi connectivity index (χ1n) is 23.1. The van der Waals surface area contributed by atoms with Gasteiger partial charge in [0, 0.05) is 67.8 Å². The smallest absolute Gasteiger partial charge is 0.242 e. The highest BCUT2D eigenvalue weighted by Gasteiger charge is 2.65. The summed E-state index contributed by atoms with van der Waals surface area (Å²) in [7, 11) is 0. The summed E-state index contributed by atoms with van der Waals surface area (Å²) in [5.74, 6) is -3.54. The topological polar surface area (TPSA) is 174 Å². The molecule has 1 saturated heterocycles. The van der Waals surface area contributed by atoms with Crippen LogP contribution in [0.3, 0.4) is 0 Å². The first-order valence-corrected chi connectivity index (χ1v) is 23.1. The monoisotopic (exact) mass is 844 g/mol. The summed E-state index contributed by atoms with van der Waals surface area (Å²) < 4.78 is 0. The molecule has 4 unspecified atom stereocenters. The van der Waals surface area contributed by atoms with Crippen LogP contribution in [-0.4, -0.2) is 77.1 Å². The number of carbonyl (C=O) groups is 5. The molecule has 2 aromatic carbocycles. The zero-order chi connectivity index (χ0) is 43.5. The molecular formula is C50H65N7O5. The molecule has 4 aliphatic rings. The quantitative estimate of drug-likeness (QED) is 0.0483. The van der Waals surface area contributed by atoms with E-state index in [1.807, 2.05) is 60.7 Å². The molecule has 4 amide bonds. The highest BCUT2D eigenvalue weighted by Crippen LogP contribution is 2.52. The van der Waals surface area contributed by atoms with Gasteiger partial charge < -0.3 is 31.6 Å². The molecule has 330 valence electrons. The number of hydrogen-bond donors (Lipinski definition) is 6. The van der Waals surface area contributed by atoms with Crippen molar-refractivity contribution >= 4 is 29.4 Å². The van der Waals surface area contributed by atoms with Crippen LogP contribution < -0.4 is 26.6 Å². The molecule has 0 bridgehead atoms. The second-order valence-corrected chi connectivity index (χ2v) is 17.9. The van der Waals surface area contributed by atoms with Crippen molar-refractivity contribution in [3.63, 3.8) is 0 Å². The van der Waals surface area contributed by atoms with E-state index < -0.39 is 40.4 Å². The van der Waals surface area contributed by atoms with Gasteiger partial charge in [0.25, 0.3) is 0 Å². The van der Waals surface area contributed by atoms with Crippen molar-refractivity contribution in [2.75, 3.05) is 19.6 Å². The van der Waals surface area contributed by atoms with E-state index in [1.165, 1.54) is 0 Å². The first-order chi connectivity index (χ1) is 30.2. The third kappa shape index (κ3) is 10.1. The van der Waals surface area contributed by atoms with Crippen molar-refractivity contribution in [2.24, 2.45) is 16.7 Å². The molecule has 1 aromatic heterocycles. The Morgan fingerprint density at radius 3 is 2.11 bits per heavy atom. The Kier molecular flexibility index (Phi) is 14.9. The van der Waals surface area contributed by atoms with Gasteiger partial charge >= 0.3 is 0 Å². The number of aromatic nitrogens is 2. The van der Waals surface area contributed by atoms with Crippen molar-refractivity contribution in [2.45, 2.75) is 127 Å². The number of imidazole rings is 1. The van der Waals surface area contributed by atoms with E-state index >= 15 is 9.59 Å². The van der Waals surface area contributed by atoms with Gasteiger partial charge in [0.15, 0.2) is 5.78 Å². The number of hydrogen-bond acceptors (Lipinski definition) is 7. The molecule has 12 nitrogen and oxygen atoms in total. The van der Waals surface area contributed by atoms with Gasteiger partial charge in [-0.3, -0.25) is 24.0 Å². The van der Waals surface area contributed by atoms with Gasteiger partial charge in [-0.25, -0.2) is 4.98 Å². The van der Waals surface area contributed by atoms with Crippen molar-refractivity contribution in [1.82, 2.24) is 36.6 Å². The molecule has 0 spiro atoms. The number of H-pyrrole nitrogens is 1. The Morgan fingerprint density at radius 1 is 0.806 bits per heavy atom. The van der Waals surface area contributed by atoms with E-state index in [-0.39, 0.29) is 67.6 Å². The Bertz CT molecular complexity index is 2050. The number of unbranched alkanes of at least 4 members (excludes halogenated alkanes) is 6. The van der Waals surface area contributed by atoms with Crippen LogP contribution in [0.25, 0.3) is 0 Å². The van der Waals surface area contributed by atoms with Crippen LogP contribution in [0.5, 0.6) is 0 Å². The molecule has 62 heavy (non-hydrogen) atoms.